The maximum absolute atomic E-state index is 5.69. The minimum atomic E-state index is 0.00327. The molecule has 2 aliphatic heterocycles. The SMILES string of the molecule is c1nnn2c1COC(COCCOCCOCC1Cn3nncc3CO1)C2. The molecule has 0 aliphatic carbocycles. The summed E-state index contributed by atoms with van der Waals surface area (Å²) in [6.07, 6.45) is 3.45. The summed E-state index contributed by atoms with van der Waals surface area (Å²) in [6, 6.07) is 0. The smallest absolute Gasteiger partial charge is 0.101 e. The van der Waals surface area contributed by atoms with Crippen molar-refractivity contribution < 1.29 is 23.7 Å². The number of hydrogen-bond acceptors (Lipinski definition) is 9. The van der Waals surface area contributed by atoms with Crippen molar-refractivity contribution in [2.45, 2.75) is 38.5 Å². The fraction of sp³-hybridized carbons (Fsp3) is 0.750. The van der Waals surface area contributed by atoms with Crippen LogP contribution in [0.1, 0.15) is 11.4 Å². The van der Waals surface area contributed by atoms with Crippen LogP contribution in [-0.2, 0) is 50.0 Å². The molecular weight excluding hydrogens is 356 g/mol. The highest BCUT2D eigenvalue weighted by atomic mass is 16.6. The lowest BCUT2D eigenvalue weighted by Crippen LogP contribution is -2.32. The highest BCUT2D eigenvalue weighted by Crippen LogP contribution is 2.12. The van der Waals surface area contributed by atoms with Crippen LogP contribution in [0.25, 0.3) is 0 Å². The van der Waals surface area contributed by atoms with E-state index in [1.54, 1.807) is 12.4 Å². The molecule has 11 nitrogen and oxygen atoms in total. The zero-order valence-corrected chi connectivity index (χ0v) is 15.1. The van der Waals surface area contributed by atoms with Gasteiger partial charge in [0.2, 0.25) is 0 Å². The van der Waals surface area contributed by atoms with Gasteiger partial charge in [-0.15, -0.1) is 10.2 Å². The number of aromatic nitrogens is 6. The minimum absolute atomic E-state index is 0.00327. The summed E-state index contributed by atoms with van der Waals surface area (Å²) in [5.74, 6) is 0. The topological polar surface area (TPSA) is 108 Å². The van der Waals surface area contributed by atoms with Gasteiger partial charge in [-0.3, -0.25) is 0 Å². The van der Waals surface area contributed by atoms with Crippen molar-refractivity contribution >= 4 is 0 Å². The molecule has 148 valence electrons. The summed E-state index contributed by atoms with van der Waals surface area (Å²) in [4.78, 5) is 0. The predicted octanol–water partition coefficient (Wildman–Crippen LogP) is -0.583. The van der Waals surface area contributed by atoms with Crippen LogP contribution in [0.5, 0.6) is 0 Å². The van der Waals surface area contributed by atoms with Crippen LogP contribution in [0.3, 0.4) is 0 Å². The van der Waals surface area contributed by atoms with Gasteiger partial charge in [-0.25, -0.2) is 9.36 Å². The summed E-state index contributed by atoms with van der Waals surface area (Å²) < 4.78 is 31.8. The molecule has 0 amide bonds. The first-order valence-electron chi connectivity index (χ1n) is 9.09. The lowest BCUT2D eigenvalue weighted by atomic mass is 10.3. The highest BCUT2D eigenvalue weighted by Gasteiger charge is 2.20. The molecule has 4 heterocycles. The van der Waals surface area contributed by atoms with Gasteiger partial charge in [0.15, 0.2) is 0 Å². The molecule has 0 radical (unpaired) electrons. The second-order valence-corrected chi connectivity index (χ2v) is 6.44. The van der Waals surface area contributed by atoms with E-state index in [-0.39, 0.29) is 12.2 Å². The first-order valence-corrected chi connectivity index (χ1v) is 9.09. The zero-order chi connectivity index (χ0) is 18.3. The van der Waals surface area contributed by atoms with Gasteiger partial charge in [0.05, 0.1) is 89.7 Å². The third kappa shape index (κ3) is 5.08. The summed E-state index contributed by atoms with van der Waals surface area (Å²) in [5, 5.41) is 15.8. The average molecular weight is 380 g/mol. The average Bonchev–Trinajstić information content (AvgIpc) is 3.34. The van der Waals surface area contributed by atoms with Crippen LogP contribution in [0, 0.1) is 0 Å². The van der Waals surface area contributed by atoms with E-state index in [4.69, 9.17) is 23.7 Å². The van der Waals surface area contributed by atoms with E-state index >= 15 is 0 Å². The lowest BCUT2D eigenvalue weighted by molar-refractivity contribution is -0.0716. The van der Waals surface area contributed by atoms with Crippen molar-refractivity contribution in [3.8, 4) is 0 Å². The quantitative estimate of drug-likeness (QED) is 0.500. The molecule has 0 N–H and O–H groups in total. The van der Waals surface area contributed by atoms with Crippen LogP contribution in [0.2, 0.25) is 0 Å². The molecule has 2 aromatic heterocycles. The van der Waals surface area contributed by atoms with Gasteiger partial charge in [0, 0.05) is 0 Å². The molecule has 0 fully saturated rings. The van der Waals surface area contributed by atoms with Crippen LogP contribution < -0.4 is 0 Å². The second-order valence-electron chi connectivity index (χ2n) is 6.44. The van der Waals surface area contributed by atoms with Crippen LogP contribution >= 0.6 is 0 Å². The van der Waals surface area contributed by atoms with E-state index in [9.17, 15) is 0 Å². The van der Waals surface area contributed by atoms with Crippen molar-refractivity contribution in [2.24, 2.45) is 0 Å². The Morgan fingerprint density at radius 1 is 0.778 bits per heavy atom. The van der Waals surface area contributed by atoms with Crippen molar-refractivity contribution in [1.29, 1.82) is 0 Å². The Kier molecular flexibility index (Phi) is 6.37. The largest absolute Gasteiger partial charge is 0.377 e. The van der Waals surface area contributed by atoms with Gasteiger partial charge in [0.1, 0.15) is 12.2 Å². The Bertz CT molecular complexity index is 649. The maximum atomic E-state index is 5.69. The predicted molar refractivity (Wildman–Crippen MR) is 89.7 cm³/mol. The minimum Gasteiger partial charge on any atom is -0.377 e. The van der Waals surface area contributed by atoms with Gasteiger partial charge in [-0.1, -0.05) is 10.4 Å². The highest BCUT2D eigenvalue weighted by molar-refractivity contribution is 4.95. The maximum Gasteiger partial charge on any atom is 0.101 e. The van der Waals surface area contributed by atoms with Gasteiger partial charge in [-0.05, 0) is 0 Å². The molecule has 4 rings (SSSR count). The third-order valence-electron chi connectivity index (χ3n) is 4.43. The van der Waals surface area contributed by atoms with E-state index < -0.39 is 0 Å². The standard InChI is InChI=1S/C16H24N6O5/c1(3-24-11-15-7-21-13(9-26-15)5-17-19-21)23-2-4-25-12-16-8-22-14(10-27-16)6-18-20-22/h5-6,15-16H,1-4,7-12H2. The third-order valence-corrected chi connectivity index (χ3v) is 4.43. The van der Waals surface area contributed by atoms with E-state index in [1.165, 1.54) is 0 Å². The molecule has 11 heteroatoms. The zero-order valence-electron chi connectivity index (χ0n) is 15.1. The van der Waals surface area contributed by atoms with Crippen molar-refractivity contribution in [3.05, 3.63) is 23.8 Å². The summed E-state index contributed by atoms with van der Waals surface area (Å²) >= 11 is 0. The van der Waals surface area contributed by atoms with Gasteiger partial charge >= 0.3 is 0 Å². The number of rotatable bonds is 10. The normalized spacial score (nSPS) is 21.8. The van der Waals surface area contributed by atoms with E-state index in [0.717, 1.165) is 11.4 Å². The number of fused-ring (bicyclic) bond motifs is 2. The first kappa shape index (κ1) is 18.4. The Balaban J connectivity index is 0.982. The monoisotopic (exact) mass is 380 g/mol. The summed E-state index contributed by atoms with van der Waals surface area (Å²) in [6.45, 7) is 5.50. The molecule has 0 aromatic carbocycles. The van der Waals surface area contributed by atoms with E-state index in [0.29, 0.717) is 65.9 Å². The first-order chi connectivity index (χ1) is 13.4. The van der Waals surface area contributed by atoms with Crippen molar-refractivity contribution in [3.63, 3.8) is 0 Å². The molecule has 27 heavy (non-hydrogen) atoms. The summed E-state index contributed by atoms with van der Waals surface area (Å²) in [7, 11) is 0. The molecule has 0 saturated carbocycles. The Morgan fingerprint density at radius 2 is 1.26 bits per heavy atom. The summed E-state index contributed by atoms with van der Waals surface area (Å²) in [5.41, 5.74) is 1.99. The van der Waals surface area contributed by atoms with Gasteiger partial charge in [0.25, 0.3) is 0 Å². The van der Waals surface area contributed by atoms with Crippen LogP contribution in [0.15, 0.2) is 12.4 Å². The van der Waals surface area contributed by atoms with Gasteiger partial charge in [-0.2, -0.15) is 0 Å². The number of nitrogens with zero attached hydrogens (tertiary/aromatic N) is 6. The van der Waals surface area contributed by atoms with E-state index in [2.05, 4.69) is 20.6 Å². The Hall–Kier alpha value is -1.92. The molecule has 2 atom stereocenters. The van der Waals surface area contributed by atoms with Crippen LogP contribution in [-0.4, -0.2) is 81.8 Å². The molecule has 0 saturated heterocycles. The van der Waals surface area contributed by atoms with Crippen molar-refractivity contribution in [2.75, 3.05) is 39.6 Å². The second kappa shape index (κ2) is 9.33. The molecule has 2 aliphatic rings. The molecular formula is C16H24N6O5. The van der Waals surface area contributed by atoms with Gasteiger partial charge < -0.3 is 23.7 Å². The van der Waals surface area contributed by atoms with Crippen LogP contribution in [0.4, 0.5) is 0 Å². The molecule has 2 unspecified atom stereocenters. The van der Waals surface area contributed by atoms with Crippen molar-refractivity contribution in [1.82, 2.24) is 30.0 Å². The molecule has 2 aromatic rings. The number of hydrogen-bond donors (Lipinski definition) is 0. The Morgan fingerprint density at radius 3 is 1.78 bits per heavy atom. The Labute approximate surface area is 156 Å². The molecule has 0 spiro atoms. The fourth-order valence-corrected chi connectivity index (χ4v) is 2.96. The fourth-order valence-electron chi connectivity index (χ4n) is 2.96. The van der Waals surface area contributed by atoms with E-state index in [1.807, 2.05) is 9.36 Å². The lowest BCUT2D eigenvalue weighted by Gasteiger charge is -2.23. The molecule has 0 bridgehead atoms. The number of ether oxygens (including phenoxy) is 5.